The number of nitrogens with zero attached hydrogens (tertiary/aromatic N) is 9. The fraction of sp³-hybridized carbons (Fsp3) is 0.412. The SMILES string of the molecule is C=COCC1C[C@@H](OP(=C=CC)(OCCC#N)OC(CCn2cnc3c(NC)ncnc32)OC)C(n2cnc3c(NC(=O)c4ccccc4)ncnc32)O1.C=O.CC(C)(C)S(C)(C)O.CO.CS.[W]=[CH]c1ccccc1. The minimum atomic E-state index is -3.54. The average Bonchev–Trinajstić information content (AvgIpc) is 4.18. The summed E-state index contributed by atoms with van der Waals surface area (Å²) in [5.74, 6) is 0.489. The molecule has 5 atom stereocenters. The molecule has 1 aliphatic heterocycles. The van der Waals surface area contributed by atoms with E-state index in [0.717, 1.165) is 7.11 Å². The minimum absolute atomic E-state index is 0.00434. The number of aromatic nitrogens is 8. The molecule has 2 aromatic carbocycles. The molecule has 4 aromatic heterocycles. The van der Waals surface area contributed by atoms with Crippen molar-refractivity contribution < 1.29 is 66.4 Å². The Morgan fingerprint density at radius 3 is 2.14 bits per heavy atom. The van der Waals surface area contributed by atoms with Crippen LogP contribution < -0.4 is 10.6 Å². The van der Waals surface area contributed by atoms with Crippen molar-refractivity contribution in [3.8, 4) is 6.07 Å². The Kier molecular flexibility index (Phi) is 30.8. The van der Waals surface area contributed by atoms with Gasteiger partial charge in [0, 0.05) is 51.0 Å². The van der Waals surface area contributed by atoms with Crippen molar-refractivity contribution in [2.75, 3.05) is 63.9 Å². The first kappa shape index (κ1) is 66.7. The van der Waals surface area contributed by atoms with E-state index in [4.69, 9.17) is 37.7 Å². The van der Waals surface area contributed by atoms with Gasteiger partial charge in [0.2, 0.25) is 0 Å². The van der Waals surface area contributed by atoms with Gasteiger partial charge in [-0.1, -0.05) is 45.5 Å². The summed E-state index contributed by atoms with van der Waals surface area (Å²) in [5.41, 5.74) is 6.96. The number of carbonyl (C=O) groups is 2. The molecule has 7 rings (SSSR count). The first-order valence-corrected chi connectivity index (χ1v) is 29.9. The summed E-state index contributed by atoms with van der Waals surface area (Å²) in [6.07, 6.45) is 12.5. The number of methoxy groups -OCH3 is 1. The molecule has 25 heteroatoms. The molecule has 1 amide bonds. The first-order valence-electron chi connectivity index (χ1n) is 23.4. The van der Waals surface area contributed by atoms with E-state index >= 15 is 0 Å². The van der Waals surface area contributed by atoms with Gasteiger partial charge in [-0.15, -0.1) is 10.3 Å². The first-order chi connectivity index (χ1) is 36.6. The second-order valence-electron chi connectivity index (χ2n) is 16.6. The zero-order valence-electron chi connectivity index (χ0n) is 44.7. The van der Waals surface area contributed by atoms with E-state index in [9.17, 15) is 14.6 Å². The van der Waals surface area contributed by atoms with E-state index in [-0.39, 0.29) is 36.1 Å². The number of aliphatic hydroxyl groups excluding tert-OH is 1. The van der Waals surface area contributed by atoms with Gasteiger partial charge in [-0.25, -0.2) is 29.9 Å². The molecule has 414 valence electrons. The molecule has 0 saturated carbocycles. The topological polar surface area (TPSA) is 265 Å². The van der Waals surface area contributed by atoms with Crippen LogP contribution in [0.5, 0.6) is 0 Å². The van der Waals surface area contributed by atoms with E-state index < -0.39 is 42.6 Å². The number of imidazole rings is 2. The zero-order chi connectivity index (χ0) is 56.7. The van der Waals surface area contributed by atoms with Gasteiger partial charge < -0.3 is 52.9 Å². The summed E-state index contributed by atoms with van der Waals surface area (Å²) in [5, 5.41) is 22.2. The Bertz CT molecular complexity index is 2790. The van der Waals surface area contributed by atoms with Crippen LogP contribution in [0.3, 0.4) is 0 Å². The summed E-state index contributed by atoms with van der Waals surface area (Å²) in [6, 6.07) is 21.2. The van der Waals surface area contributed by atoms with Gasteiger partial charge in [-0.2, -0.15) is 17.9 Å². The predicted molar refractivity (Wildman–Crippen MR) is 303 cm³/mol. The molecule has 4 unspecified atom stereocenters. The van der Waals surface area contributed by atoms with Crippen molar-refractivity contribution in [1.29, 1.82) is 5.26 Å². The Hall–Kier alpha value is -5.43. The average molecular weight is 1280 g/mol. The van der Waals surface area contributed by atoms with Gasteiger partial charge in [0.05, 0.1) is 44.1 Å². The number of thiol groups is 1. The molecule has 1 fully saturated rings. The van der Waals surface area contributed by atoms with Gasteiger partial charge in [0.15, 0.2) is 41.0 Å². The number of aliphatic hydroxyl groups is 1. The van der Waals surface area contributed by atoms with Crippen LogP contribution in [-0.4, -0.2) is 148 Å². The van der Waals surface area contributed by atoms with E-state index in [1.807, 2.05) is 36.0 Å². The van der Waals surface area contributed by atoms with Gasteiger partial charge in [0.1, 0.15) is 37.7 Å². The van der Waals surface area contributed by atoms with Gasteiger partial charge in [-0.05, 0) is 49.4 Å². The zero-order valence-corrected chi connectivity index (χ0v) is 50.2. The molecule has 1 aliphatic rings. The van der Waals surface area contributed by atoms with Crippen LogP contribution >= 0.6 is 30.5 Å². The van der Waals surface area contributed by atoms with Crippen molar-refractivity contribution >= 4 is 87.0 Å². The molecule has 4 N–H and O–H groups in total. The quantitative estimate of drug-likeness (QED) is 0.0167. The Balaban J connectivity index is 0.000000755. The normalized spacial score (nSPS) is 15.9. The van der Waals surface area contributed by atoms with Gasteiger partial charge in [-0.3, -0.25) is 13.9 Å². The van der Waals surface area contributed by atoms with Crippen molar-refractivity contribution in [3.05, 3.63) is 116 Å². The van der Waals surface area contributed by atoms with Crippen LogP contribution in [0.25, 0.3) is 22.3 Å². The number of nitriles is 1. The molecule has 0 bridgehead atoms. The maximum absolute atomic E-state index is 13.0. The number of fused-ring (bicyclic) bond motifs is 2. The summed E-state index contributed by atoms with van der Waals surface area (Å²) in [7, 11) is -0.587. The van der Waals surface area contributed by atoms with Crippen LogP contribution in [0.4, 0.5) is 11.6 Å². The number of benzene rings is 2. The molecule has 21 nitrogen and oxygen atoms in total. The molecule has 0 spiro atoms. The third kappa shape index (κ3) is 20.2. The number of aryl methyl sites for hydroxylation is 1. The molecule has 0 radical (unpaired) electrons. The third-order valence-electron chi connectivity index (χ3n) is 10.7. The number of ether oxygens (including phenoxy) is 3. The Morgan fingerprint density at radius 2 is 1.59 bits per heavy atom. The Morgan fingerprint density at radius 1 is 1.00 bits per heavy atom. The van der Waals surface area contributed by atoms with E-state index in [1.54, 1.807) is 67.8 Å². The number of carbonyl (C=O) groups excluding carboxylic acids is 2. The maximum atomic E-state index is 13.0. The predicted octanol–water partition coefficient (Wildman–Crippen LogP) is 8.52. The fourth-order valence-electron chi connectivity index (χ4n) is 6.34. The summed E-state index contributed by atoms with van der Waals surface area (Å²) in [4.78, 5) is 47.4. The van der Waals surface area contributed by atoms with Gasteiger partial charge >= 0.3 is 67.2 Å². The number of anilines is 2. The summed E-state index contributed by atoms with van der Waals surface area (Å²) >= 11 is 5.03. The number of amides is 1. The van der Waals surface area contributed by atoms with E-state index in [2.05, 4.69) is 121 Å². The van der Waals surface area contributed by atoms with Crippen LogP contribution in [0.15, 0.2) is 105 Å². The molecule has 6 aromatic rings. The van der Waals surface area contributed by atoms with Crippen LogP contribution in [0, 0.1) is 11.3 Å². The van der Waals surface area contributed by atoms with Crippen molar-refractivity contribution in [2.45, 2.75) is 83.0 Å². The van der Waals surface area contributed by atoms with E-state index in [1.165, 1.54) is 50.9 Å². The second kappa shape index (κ2) is 35.1. The fourth-order valence-corrected chi connectivity index (χ4v) is 8.97. The Labute approximate surface area is 464 Å². The van der Waals surface area contributed by atoms with Gasteiger partial charge in [0.25, 0.3) is 5.91 Å². The molecular weight excluding hydrogens is 1210 g/mol. The molecule has 5 heterocycles. The summed E-state index contributed by atoms with van der Waals surface area (Å²) in [6.45, 7) is 14.2. The molecule has 0 aliphatic carbocycles. The van der Waals surface area contributed by atoms with Crippen molar-refractivity contribution in [2.24, 2.45) is 0 Å². The van der Waals surface area contributed by atoms with E-state index in [0.29, 0.717) is 53.1 Å². The van der Waals surface area contributed by atoms with Crippen LogP contribution in [0.1, 0.15) is 69.1 Å². The second-order valence-corrected chi connectivity index (χ2v) is 23.2. The number of rotatable bonds is 19. The van der Waals surface area contributed by atoms with Crippen molar-refractivity contribution in [1.82, 2.24) is 39.0 Å². The van der Waals surface area contributed by atoms with Crippen LogP contribution in [-0.2, 0) is 58.5 Å². The summed E-state index contributed by atoms with van der Waals surface area (Å²) < 4.78 is 52.8. The number of hydrogen-bond acceptors (Lipinski definition) is 19. The number of nitrogens with one attached hydrogen (secondary N) is 2. The molecular formula is C51H72N11O10PS2W. The van der Waals surface area contributed by atoms with Crippen LogP contribution in [0.2, 0.25) is 0 Å². The standard InChI is InChI=1S/C35H40N11O7P.C7H6.C6H16OS.CH4O.CH2O.CH4S.W/c1-5-17-54(50-16-10-14-36,53-27(48-4)13-15-45-22-42-28-30(37-3)38-20-40-32(28)45)52-26-18-25(19-49-6-2)51-35(26)46-23-43-29-31(39-21-41-33(29)46)44-34(47)24-11-8-7-9-12-24;1-7-5-3-2-4-6-7;1-6(2,3)8(4,5)7;3*1-2;/h5-9,11-12,20-23,25-27,35H,2,10,13,15-16,18-19H2,1,3-4H3,(H,37,38,40)(H,39,41,44,47);1-6H;7H,1-5H3;2H,1H3;1H2;2H,1H3;/t25?,26-,27?,35?,54?;;;;;;/m1....../s1. The van der Waals surface area contributed by atoms with Crippen molar-refractivity contribution in [3.63, 3.8) is 0 Å². The number of hydrogen-bond donors (Lipinski definition) is 5. The number of allylic oxidation sites excluding steroid dienone is 1. The third-order valence-corrected chi connectivity index (χ3v) is 16.8. The monoisotopic (exact) mass is 1280 g/mol. The molecule has 76 heavy (non-hydrogen) atoms. The molecule has 1 saturated heterocycles.